The number of hydrogen-bond donors (Lipinski definition) is 2. The Morgan fingerprint density at radius 1 is 1.56 bits per heavy atom. The number of nitrogens with one attached hydrogen (secondary N) is 1. The third-order valence-electron chi connectivity index (χ3n) is 2.34. The van der Waals surface area contributed by atoms with Crippen molar-refractivity contribution in [3.63, 3.8) is 0 Å². The number of rotatable bonds is 6. The Bertz CT molecular complexity index is 407. The molecule has 6 nitrogen and oxygen atoms in total. The Morgan fingerprint density at radius 3 is 2.89 bits per heavy atom. The van der Waals surface area contributed by atoms with E-state index in [1.165, 1.54) is 0 Å². The number of esters is 1. The van der Waals surface area contributed by atoms with Gasteiger partial charge in [0.25, 0.3) is 0 Å². The van der Waals surface area contributed by atoms with Crippen LogP contribution in [0.3, 0.4) is 0 Å². The number of carbonyl (C=O) groups excluding carboxylic acids is 1. The highest BCUT2D eigenvalue weighted by atomic mass is 16.5. The molecular weight excluding hydrogens is 232 g/mol. The van der Waals surface area contributed by atoms with E-state index in [-0.39, 0.29) is 0 Å². The first-order valence-corrected chi connectivity index (χ1v) is 5.86. The van der Waals surface area contributed by atoms with Crippen LogP contribution >= 0.6 is 0 Å². The van der Waals surface area contributed by atoms with Crippen LogP contribution in [0.15, 0.2) is 12.3 Å². The molecule has 0 atom stereocenters. The summed E-state index contributed by atoms with van der Waals surface area (Å²) in [4.78, 5) is 17.8. The van der Waals surface area contributed by atoms with Crippen LogP contribution in [0.25, 0.3) is 0 Å². The first-order valence-electron chi connectivity index (χ1n) is 5.86. The lowest BCUT2D eigenvalue weighted by atomic mass is 10.2. The maximum Gasteiger partial charge on any atom is 0.340 e. The summed E-state index contributed by atoms with van der Waals surface area (Å²) in [7, 11) is 3.96. The number of pyridine rings is 1. The number of ether oxygens (including phenoxy) is 1. The molecule has 0 spiro atoms. The van der Waals surface area contributed by atoms with Gasteiger partial charge in [0.05, 0.1) is 17.9 Å². The van der Waals surface area contributed by atoms with Gasteiger partial charge in [-0.2, -0.15) is 0 Å². The van der Waals surface area contributed by atoms with Crippen LogP contribution in [0.1, 0.15) is 17.3 Å². The van der Waals surface area contributed by atoms with Crippen LogP contribution in [-0.2, 0) is 4.74 Å². The van der Waals surface area contributed by atoms with Gasteiger partial charge < -0.3 is 20.7 Å². The zero-order chi connectivity index (χ0) is 13.5. The van der Waals surface area contributed by atoms with Crippen molar-refractivity contribution >= 4 is 17.5 Å². The highest BCUT2D eigenvalue weighted by Gasteiger charge is 2.14. The summed E-state index contributed by atoms with van der Waals surface area (Å²) in [5, 5.41) is 3.10. The lowest BCUT2D eigenvalue weighted by Gasteiger charge is -2.13. The first-order chi connectivity index (χ1) is 8.56. The molecule has 1 rings (SSSR count). The fourth-order valence-corrected chi connectivity index (χ4v) is 1.40. The number of carbonyl (C=O) groups is 1. The second kappa shape index (κ2) is 6.80. The van der Waals surface area contributed by atoms with E-state index in [1.54, 1.807) is 19.2 Å². The summed E-state index contributed by atoms with van der Waals surface area (Å²) in [6.45, 7) is 3.64. The molecule has 0 bridgehead atoms. The van der Waals surface area contributed by atoms with E-state index in [9.17, 15) is 4.79 Å². The van der Waals surface area contributed by atoms with E-state index >= 15 is 0 Å². The predicted octanol–water partition coefficient (Wildman–Crippen LogP) is 0.814. The van der Waals surface area contributed by atoms with Gasteiger partial charge in [0, 0.05) is 19.3 Å². The molecule has 0 aliphatic rings. The topological polar surface area (TPSA) is 80.5 Å². The monoisotopic (exact) mass is 252 g/mol. The molecule has 0 aliphatic carbocycles. The minimum atomic E-state index is -0.423. The lowest BCUT2D eigenvalue weighted by molar-refractivity contribution is 0.0527. The molecule has 6 heteroatoms. The predicted molar refractivity (Wildman–Crippen MR) is 71.6 cm³/mol. The number of likely N-dealkylation sites (N-methyl/N-ethyl adjacent to an activating group) is 1. The van der Waals surface area contributed by atoms with Crippen LogP contribution in [-0.4, -0.2) is 49.6 Å². The number of anilines is 2. The third-order valence-corrected chi connectivity index (χ3v) is 2.34. The second-order valence-corrected chi connectivity index (χ2v) is 4.07. The van der Waals surface area contributed by atoms with Gasteiger partial charge in [-0.25, -0.2) is 9.78 Å². The number of nitrogen functional groups attached to an aromatic ring is 1. The minimum absolute atomic E-state index is 0.323. The maximum atomic E-state index is 11.6. The fraction of sp³-hybridized carbons (Fsp3) is 0.500. The van der Waals surface area contributed by atoms with Gasteiger partial charge in [-0.3, -0.25) is 0 Å². The Kier molecular flexibility index (Phi) is 5.38. The van der Waals surface area contributed by atoms with E-state index in [0.29, 0.717) is 30.2 Å². The van der Waals surface area contributed by atoms with Crippen molar-refractivity contribution in [2.24, 2.45) is 0 Å². The standard InChI is InChI=1S/C12H20N4O2/c1-4-18-12(17)9-5-6-14-11(10(9)13)15-7-8-16(2)3/h5-6H,4,7-8,13H2,1-3H3,(H,14,15). The highest BCUT2D eigenvalue weighted by molar-refractivity contribution is 5.97. The summed E-state index contributed by atoms with van der Waals surface area (Å²) in [5.41, 5.74) is 6.57. The van der Waals surface area contributed by atoms with Crippen molar-refractivity contribution < 1.29 is 9.53 Å². The second-order valence-electron chi connectivity index (χ2n) is 4.07. The molecule has 0 saturated heterocycles. The Hall–Kier alpha value is -1.82. The van der Waals surface area contributed by atoms with Gasteiger partial charge in [0.1, 0.15) is 5.82 Å². The number of aromatic nitrogens is 1. The quantitative estimate of drug-likeness (QED) is 0.729. The van der Waals surface area contributed by atoms with Gasteiger partial charge in [-0.1, -0.05) is 0 Å². The van der Waals surface area contributed by atoms with Gasteiger partial charge in [-0.05, 0) is 27.1 Å². The molecule has 0 aliphatic heterocycles. The molecule has 0 amide bonds. The minimum Gasteiger partial charge on any atom is -0.462 e. The molecule has 1 aromatic heterocycles. The molecule has 3 N–H and O–H groups in total. The van der Waals surface area contributed by atoms with Crippen LogP contribution in [0, 0.1) is 0 Å². The lowest BCUT2D eigenvalue weighted by Crippen LogP contribution is -2.22. The SMILES string of the molecule is CCOC(=O)c1ccnc(NCCN(C)C)c1N. The van der Waals surface area contributed by atoms with Crippen molar-refractivity contribution in [3.8, 4) is 0 Å². The summed E-state index contributed by atoms with van der Waals surface area (Å²) in [5.74, 6) is 0.0930. The van der Waals surface area contributed by atoms with Crippen molar-refractivity contribution in [1.82, 2.24) is 9.88 Å². The summed E-state index contributed by atoms with van der Waals surface area (Å²) >= 11 is 0. The number of nitrogens with two attached hydrogens (primary N) is 1. The first kappa shape index (κ1) is 14.2. The van der Waals surface area contributed by atoms with E-state index in [1.807, 2.05) is 19.0 Å². The largest absolute Gasteiger partial charge is 0.462 e. The van der Waals surface area contributed by atoms with E-state index in [4.69, 9.17) is 10.5 Å². The fourth-order valence-electron chi connectivity index (χ4n) is 1.40. The average molecular weight is 252 g/mol. The number of hydrogen-bond acceptors (Lipinski definition) is 6. The zero-order valence-electron chi connectivity index (χ0n) is 11.1. The Balaban J connectivity index is 2.75. The average Bonchev–Trinajstić information content (AvgIpc) is 2.31. The molecule has 0 radical (unpaired) electrons. The smallest absolute Gasteiger partial charge is 0.340 e. The van der Waals surface area contributed by atoms with E-state index < -0.39 is 5.97 Å². The molecule has 0 saturated carbocycles. The van der Waals surface area contributed by atoms with Gasteiger partial charge in [0.15, 0.2) is 0 Å². The Labute approximate surface area is 107 Å². The molecule has 100 valence electrons. The Morgan fingerprint density at radius 2 is 2.28 bits per heavy atom. The zero-order valence-corrected chi connectivity index (χ0v) is 11.1. The normalized spacial score (nSPS) is 10.4. The molecule has 1 aromatic rings. The maximum absolute atomic E-state index is 11.6. The number of nitrogens with zero attached hydrogens (tertiary/aromatic N) is 2. The van der Waals surface area contributed by atoms with Crippen LogP contribution in [0.5, 0.6) is 0 Å². The van der Waals surface area contributed by atoms with Gasteiger partial charge >= 0.3 is 5.97 Å². The highest BCUT2D eigenvalue weighted by Crippen LogP contribution is 2.20. The van der Waals surface area contributed by atoms with Crippen molar-refractivity contribution in [2.45, 2.75) is 6.92 Å². The van der Waals surface area contributed by atoms with Crippen molar-refractivity contribution in [2.75, 3.05) is 44.8 Å². The molecule has 0 unspecified atom stereocenters. The van der Waals surface area contributed by atoms with Crippen molar-refractivity contribution in [1.29, 1.82) is 0 Å². The van der Waals surface area contributed by atoms with E-state index in [0.717, 1.165) is 6.54 Å². The van der Waals surface area contributed by atoms with Crippen LogP contribution in [0.2, 0.25) is 0 Å². The van der Waals surface area contributed by atoms with Gasteiger partial charge in [0.2, 0.25) is 0 Å². The molecule has 0 aromatic carbocycles. The van der Waals surface area contributed by atoms with E-state index in [2.05, 4.69) is 10.3 Å². The van der Waals surface area contributed by atoms with Crippen LogP contribution in [0.4, 0.5) is 11.5 Å². The molecule has 18 heavy (non-hydrogen) atoms. The van der Waals surface area contributed by atoms with Gasteiger partial charge in [-0.15, -0.1) is 0 Å². The molecule has 0 fully saturated rings. The molecule has 1 heterocycles. The van der Waals surface area contributed by atoms with Crippen LogP contribution < -0.4 is 11.1 Å². The third kappa shape index (κ3) is 3.89. The summed E-state index contributed by atoms with van der Waals surface area (Å²) in [6, 6.07) is 1.56. The van der Waals surface area contributed by atoms with Crippen molar-refractivity contribution in [3.05, 3.63) is 17.8 Å². The molecular formula is C12H20N4O2. The summed E-state index contributed by atoms with van der Waals surface area (Å²) in [6.07, 6.45) is 1.54. The summed E-state index contributed by atoms with van der Waals surface area (Å²) < 4.78 is 4.92.